The molecule has 130 valence electrons. The van der Waals surface area contributed by atoms with Crippen LogP contribution in [0.1, 0.15) is 38.1 Å². The van der Waals surface area contributed by atoms with Gasteiger partial charge in [0.25, 0.3) is 0 Å². The minimum atomic E-state index is -0.465. The molecule has 1 unspecified atom stereocenters. The van der Waals surface area contributed by atoms with Crippen molar-refractivity contribution in [1.29, 1.82) is 0 Å². The van der Waals surface area contributed by atoms with E-state index in [0.29, 0.717) is 13.1 Å². The van der Waals surface area contributed by atoms with Crippen LogP contribution in [-0.2, 0) is 11.8 Å². The molecular weight excluding hydrogens is 302 g/mol. The quantitative estimate of drug-likeness (QED) is 0.872. The Hall–Kier alpha value is -2.01. The fourth-order valence-electron chi connectivity index (χ4n) is 3.43. The Bertz CT molecular complexity index is 758. The van der Waals surface area contributed by atoms with Crippen LogP contribution in [0.15, 0.2) is 24.3 Å². The number of fused-ring (bicyclic) bond motifs is 1. The van der Waals surface area contributed by atoms with Crippen molar-refractivity contribution in [3.63, 3.8) is 0 Å². The third-order valence-corrected chi connectivity index (χ3v) is 4.62. The smallest absolute Gasteiger partial charge is 0.410 e. The lowest BCUT2D eigenvalue weighted by atomic mass is 10.0. The minimum Gasteiger partial charge on any atom is -0.444 e. The second kappa shape index (κ2) is 6.13. The zero-order chi connectivity index (χ0) is 17.5. The fourth-order valence-corrected chi connectivity index (χ4v) is 3.43. The Kier molecular flexibility index (Phi) is 4.30. The largest absolute Gasteiger partial charge is 0.444 e. The van der Waals surface area contributed by atoms with Crippen LogP contribution in [0.5, 0.6) is 0 Å². The van der Waals surface area contributed by atoms with Crippen LogP contribution in [-0.4, -0.2) is 40.8 Å². The second-order valence-electron chi connectivity index (χ2n) is 7.51. The third kappa shape index (κ3) is 3.13. The molecule has 1 amide bonds. The van der Waals surface area contributed by atoms with E-state index in [2.05, 4.69) is 48.1 Å². The van der Waals surface area contributed by atoms with E-state index in [-0.39, 0.29) is 12.1 Å². The zero-order valence-corrected chi connectivity index (χ0v) is 15.2. The molecule has 1 aliphatic rings. The average Bonchev–Trinajstić information content (AvgIpc) is 2.78. The van der Waals surface area contributed by atoms with Gasteiger partial charge in [-0.05, 0) is 39.3 Å². The van der Waals surface area contributed by atoms with E-state index >= 15 is 0 Å². The van der Waals surface area contributed by atoms with Crippen molar-refractivity contribution < 1.29 is 9.53 Å². The average molecular weight is 329 g/mol. The van der Waals surface area contributed by atoms with Crippen molar-refractivity contribution in [3.05, 3.63) is 35.5 Å². The van der Waals surface area contributed by atoms with Crippen molar-refractivity contribution in [3.8, 4) is 0 Å². The summed E-state index contributed by atoms with van der Waals surface area (Å²) in [5, 5.41) is 4.82. The molecular formula is C19H27N3O2. The van der Waals surface area contributed by atoms with Gasteiger partial charge >= 0.3 is 6.09 Å². The lowest BCUT2D eigenvalue weighted by Gasteiger charge is -2.35. The molecule has 24 heavy (non-hydrogen) atoms. The van der Waals surface area contributed by atoms with Crippen molar-refractivity contribution in [1.82, 2.24) is 14.8 Å². The van der Waals surface area contributed by atoms with E-state index in [9.17, 15) is 4.79 Å². The van der Waals surface area contributed by atoms with Crippen LogP contribution in [0.25, 0.3) is 10.9 Å². The Morgan fingerprint density at radius 1 is 1.29 bits per heavy atom. The molecule has 0 saturated carbocycles. The highest BCUT2D eigenvalue weighted by atomic mass is 16.6. The lowest BCUT2D eigenvalue weighted by molar-refractivity contribution is 0.0195. The SMILES string of the molecule is Cc1c(C2CN(C(=O)OC(C)(C)C)CCN2)c2ccccc2n1C. The fraction of sp³-hybridized carbons (Fsp3) is 0.526. The first kappa shape index (κ1) is 16.8. The summed E-state index contributed by atoms with van der Waals surface area (Å²) >= 11 is 0. The molecule has 5 heteroatoms. The maximum Gasteiger partial charge on any atom is 0.410 e. The van der Waals surface area contributed by atoms with Gasteiger partial charge in [0.05, 0.1) is 6.04 Å². The molecule has 0 spiro atoms. The summed E-state index contributed by atoms with van der Waals surface area (Å²) in [4.78, 5) is 14.2. The van der Waals surface area contributed by atoms with Gasteiger partial charge in [-0.2, -0.15) is 0 Å². The number of aromatic nitrogens is 1. The number of hydrogen-bond acceptors (Lipinski definition) is 3. The van der Waals surface area contributed by atoms with Crippen molar-refractivity contribution in [2.45, 2.75) is 39.3 Å². The van der Waals surface area contributed by atoms with Gasteiger partial charge in [0.2, 0.25) is 0 Å². The maximum atomic E-state index is 12.4. The van der Waals surface area contributed by atoms with Crippen LogP contribution in [0.4, 0.5) is 4.79 Å². The van der Waals surface area contributed by atoms with Gasteiger partial charge in [0.1, 0.15) is 5.60 Å². The summed E-state index contributed by atoms with van der Waals surface area (Å²) in [7, 11) is 2.09. The number of amides is 1. The molecule has 1 aliphatic heterocycles. The van der Waals surface area contributed by atoms with Gasteiger partial charge in [-0.15, -0.1) is 0 Å². The van der Waals surface area contributed by atoms with Gasteiger partial charge in [0, 0.05) is 43.3 Å². The Morgan fingerprint density at radius 3 is 2.71 bits per heavy atom. The van der Waals surface area contributed by atoms with E-state index in [1.807, 2.05) is 25.7 Å². The summed E-state index contributed by atoms with van der Waals surface area (Å²) in [6, 6.07) is 8.55. The van der Waals surface area contributed by atoms with Crippen molar-refractivity contribution in [2.75, 3.05) is 19.6 Å². The highest BCUT2D eigenvalue weighted by Gasteiger charge is 2.30. The third-order valence-electron chi connectivity index (χ3n) is 4.62. The predicted molar refractivity (Wildman–Crippen MR) is 96.2 cm³/mol. The molecule has 1 atom stereocenters. The first-order valence-electron chi connectivity index (χ1n) is 8.53. The van der Waals surface area contributed by atoms with Crippen LogP contribution in [0.2, 0.25) is 0 Å². The molecule has 0 aliphatic carbocycles. The monoisotopic (exact) mass is 329 g/mol. The van der Waals surface area contributed by atoms with E-state index in [1.54, 1.807) is 0 Å². The number of hydrogen-bond donors (Lipinski definition) is 1. The first-order chi connectivity index (χ1) is 11.3. The topological polar surface area (TPSA) is 46.5 Å². The number of nitrogens with one attached hydrogen (secondary N) is 1. The van der Waals surface area contributed by atoms with Crippen LogP contribution < -0.4 is 5.32 Å². The van der Waals surface area contributed by atoms with Crippen LogP contribution in [0.3, 0.4) is 0 Å². The molecule has 5 nitrogen and oxygen atoms in total. The second-order valence-corrected chi connectivity index (χ2v) is 7.51. The van der Waals surface area contributed by atoms with E-state index in [0.717, 1.165) is 6.54 Å². The van der Waals surface area contributed by atoms with Gasteiger partial charge < -0.3 is 19.5 Å². The molecule has 3 rings (SSSR count). The molecule has 2 heterocycles. The number of para-hydroxylation sites is 1. The molecule has 1 aromatic carbocycles. The van der Waals surface area contributed by atoms with Crippen LogP contribution >= 0.6 is 0 Å². The van der Waals surface area contributed by atoms with Gasteiger partial charge in [0.15, 0.2) is 0 Å². The van der Waals surface area contributed by atoms with Gasteiger partial charge in [-0.1, -0.05) is 18.2 Å². The van der Waals surface area contributed by atoms with E-state index < -0.39 is 5.60 Å². The molecule has 2 aromatic rings. The Balaban J connectivity index is 1.88. The standard InChI is InChI=1S/C19H27N3O2/c1-13-17(14-8-6-7-9-16(14)21(13)5)15-12-22(11-10-20-15)18(23)24-19(2,3)4/h6-9,15,20H,10-12H2,1-5H3. The van der Waals surface area contributed by atoms with Gasteiger partial charge in [-0.25, -0.2) is 4.79 Å². The normalized spacial score (nSPS) is 18.9. The van der Waals surface area contributed by atoms with Crippen LogP contribution in [0, 0.1) is 6.92 Å². The van der Waals surface area contributed by atoms with Crippen molar-refractivity contribution in [2.24, 2.45) is 7.05 Å². The lowest BCUT2D eigenvalue weighted by Crippen LogP contribution is -2.49. The number of ether oxygens (including phenoxy) is 1. The summed E-state index contributed by atoms with van der Waals surface area (Å²) < 4.78 is 7.76. The Labute approximate surface area is 143 Å². The van der Waals surface area contributed by atoms with Crippen molar-refractivity contribution >= 4 is 17.0 Å². The summed E-state index contributed by atoms with van der Waals surface area (Å²) in [6.45, 7) is 9.92. The highest BCUT2D eigenvalue weighted by Crippen LogP contribution is 2.31. The predicted octanol–water partition coefficient (Wildman–Crippen LogP) is 3.37. The molecule has 0 radical (unpaired) electrons. The molecule has 1 aromatic heterocycles. The molecule has 1 N–H and O–H groups in total. The molecule has 1 fully saturated rings. The van der Waals surface area contributed by atoms with E-state index in [4.69, 9.17) is 4.74 Å². The number of carbonyl (C=O) groups excluding carboxylic acids is 1. The molecule has 0 bridgehead atoms. The summed E-state index contributed by atoms with van der Waals surface area (Å²) in [5.74, 6) is 0. The number of rotatable bonds is 1. The summed E-state index contributed by atoms with van der Waals surface area (Å²) in [5.41, 5.74) is 3.27. The van der Waals surface area contributed by atoms with E-state index in [1.165, 1.54) is 22.2 Å². The number of carbonyl (C=O) groups is 1. The molecule has 1 saturated heterocycles. The zero-order valence-electron chi connectivity index (χ0n) is 15.2. The minimum absolute atomic E-state index is 0.123. The maximum absolute atomic E-state index is 12.4. The number of aryl methyl sites for hydroxylation is 1. The number of piperazine rings is 1. The first-order valence-corrected chi connectivity index (χ1v) is 8.53. The summed E-state index contributed by atoms with van der Waals surface area (Å²) in [6.07, 6.45) is -0.230. The highest BCUT2D eigenvalue weighted by molar-refractivity contribution is 5.86. The van der Waals surface area contributed by atoms with Gasteiger partial charge in [-0.3, -0.25) is 0 Å². The number of benzene rings is 1. The Morgan fingerprint density at radius 2 is 2.00 bits per heavy atom. The number of nitrogens with zero attached hydrogens (tertiary/aromatic N) is 2.